The zero-order chi connectivity index (χ0) is 9.42. The van der Waals surface area contributed by atoms with Gasteiger partial charge in [-0.25, -0.2) is 0 Å². The number of nitrogens with two attached hydrogens (primary N) is 1. The van der Waals surface area contributed by atoms with Gasteiger partial charge in [0.25, 0.3) is 0 Å². The predicted molar refractivity (Wildman–Crippen MR) is 57.8 cm³/mol. The van der Waals surface area contributed by atoms with Crippen molar-refractivity contribution in [2.75, 3.05) is 5.73 Å². The van der Waals surface area contributed by atoms with E-state index >= 15 is 0 Å². The van der Waals surface area contributed by atoms with Crippen molar-refractivity contribution in [2.45, 2.75) is 13.8 Å². The molecule has 0 atom stereocenters. The second-order valence-electron chi connectivity index (χ2n) is 3.52. The van der Waals surface area contributed by atoms with Crippen molar-refractivity contribution in [1.82, 2.24) is 0 Å². The molecule has 0 radical (unpaired) electrons. The van der Waals surface area contributed by atoms with E-state index in [1.807, 2.05) is 6.07 Å². The van der Waals surface area contributed by atoms with Crippen molar-refractivity contribution >= 4 is 16.5 Å². The number of benzene rings is 2. The van der Waals surface area contributed by atoms with Gasteiger partial charge in [-0.15, -0.1) is 0 Å². The Morgan fingerprint density at radius 2 is 1.69 bits per heavy atom. The molecule has 2 aromatic rings. The third-order valence-corrected chi connectivity index (χ3v) is 2.42. The van der Waals surface area contributed by atoms with E-state index < -0.39 is 0 Å². The first-order valence-corrected chi connectivity index (χ1v) is 4.44. The van der Waals surface area contributed by atoms with Gasteiger partial charge in [0.05, 0.1) is 0 Å². The number of fused-ring (bicyclic) bond motifs is 1. The SMILES string of the molecule is Cc1ccc2c(C)ccc(N)c2c1. The van der Waals surface area contributed by atoms with E-state index in [2.05, 4.69) is 38.1 Å². The minimum absolute atomic E-state index is 0.865. The fourth-order valence-electron chi connectivity index (χ4n) is 1.64. The normalized spacial score (nSPS) is 10.6. The van der Waals surface area contributed by atoms with Crippen LogP contribution in [-0.2, 0) is 0 Å². The Hall–Kier alpha value is -1.50. The number of rotatable bonds is 0. The monoisotopic (exact) mass is 171 g/mol. The smallest absolute Gasteiger partial charge is 0.0394 e. The van der Waals surface area contributed by atoms with Crippen LogP contribution in [0, 0.1) is 13.8 Å². The van der Waals surface area contributed by atoms with Crippen molar-refractivity contribution in [2.24, 2.45) is 0 Å². The molecule has 2 N–H and O–H groups in total. The molecule has 0 aliphatic rings. The van der Waals surface area contributed by atoms with Crippen LogP contribution in [0.1, 0.15) is 11.1 Å². The Morgan fingerprint density at radius 1 is 0.923 bits per heavy atom. The van der Waals surface area contributed by atoms with Gasteiger partial charge < -0.3 is 5.73 Å². The Bertz CT molecular complexity index is 458. The van der Waals surface area contributed by atoms with Crippen molar-refractivity contribution in [3.63, 3.8) is 0 Å². The second-order valence-corrected chi connectivity index (χ2v) is 3.52. The summed E-state index contributed by atoms with van der Waals surface area (Å²) in [5, 5.41) is 2.42. The average Bonchev–Trinajstić information content (AvgIpc) is 2.12. The van der Waals surface area contributed by atoms with Crippen LogP contribution >= 0.6 is 0 Å². The van der Waals surface area contributed by atoms with E-state index in [0.717, 1.165) is 5.69 Å². The lowest BCUT2D eigenvalue weighted by Crippen LogP contribution is -1.88. The van der Waals surface area contributed by atoms with Crippen LogP contribution in [0.5, 0.6) is 0 Å². The molecule has 0 unspecified atom stereocenters. The van der Waals surface area contributed by atoms with Crippen LogP contribution in [0.25, 0.3) is 10.8 Å². The molecule has 66 valence electrons. The highest BCUT2D eigenvalue weighted by molar-refractivity contribution is 5.95. The van der Waals surface area contributed by atoms with E-state index in [-0.39, 0.29) is 0 Å². The van der Waals surface area contributed by atoms with Gasteiger partial charge in [-0.05, 0) is 36.9 Å². The minimum Gasteiger partial charge on any atom is -0.398 e. The fraction of sp³-hybridized carbons (Fsp3) is 0.167. The molecule has 0 spiro atoms. The molecule has 1 nitrogen and oxygen atoms in total. The minimum atomic E-state index is 0.865. The molecule has 2 aromatic carbocycles. The highest BCUT2D eigenvalue weighted by atomic mass is 14.5. The summed E-state index contributed by atoms with van der Waals surface area (Å²) >= 11 is 0. The molecule has 13 heavy (non-hydrogen) atoms. The summed E-state index contributed by atoms with van der Waals surface area (Å²) in [6.45, 7) is 4.19. The lowest BCUT2D eigenvalue weighted by Gasteiger charge is -2.05. The number of anilines is 1. The third-order valence-electron chi connectivity index (χ3n) is 2.42. The largest absolute Gasteiger partial charge is 0.398 e. The van der Waals surface area contributed by atoms with Crippen LogP contribution in [0.4, 0.5) is 5.69 Å². The van der Waals surface area contributed by atoms with Gasteiger partial charge in [0, 0.05) is 11.1 Å². The molecule has 0 bridgehead atoms. The lowest BCUT2D eigenvalue weighted by atomic mass is 10.0. The van der Waals surface area contributed by atoms with Crippen molar-refractivity contribution in [3.05, 3.63) is 41.5 Å². The van der Waals surface area contributed by atoms with Crippen molar-refractivity contribution in [1.29, 1.82) is 0 Å². The van der Waals surface area contributed by atoms with Gasteiger partial charge in [0.2, 0.25) is 0 Å². The average molecular weight is 171 g/mol. The van der Waals surface area contributed by atoms with Gasteiger partial charge in [-0.3, -0.25) is 0 Å². The zero-order valence-corrected chi connectivity index (χ0v) is 7.96. The Morgan fingerprint density at radius 3 is 2.46 bits per heavy atom. The molecule has 0 aliphatic carbocycles. The predicted octanol–water partition coefficient (Wildman–Crippen LogP) is 3.04. The summed E-state index contributed by atoms with van der Waals surface area (Å²) in [7, 11) is 0. The number of hydrogen-bond acceptors (Lipinski definition) is 1. The zero-order valence-electron chi connectivity index (χ0n) is 7.96. The maximum atomic E-state index is 5.89. The van der Waals surface area contributed by atoms with Gasteiger partial charge in [-0.1, -0.05) is 23.8 Å². The van der Waals surface area contributed by atoms with Crippen molar-refractivity contribution < 1.29 is 0 Å². The summed E-state index contributed by atoms with van der Waals surface area (Å²) in [6.07, 6.45) is 0. The molecule has 0 aliphatic heterocycles. The summed E-state index contributed by atoms with van der Waals surface area (Å²) in [4.78, 5) is 0. The van der Waals surface area contributed by atoms with E-state index in [4.69, 9.17) is 5.73 Å². The van der Waals surface area contributed by atoms with Crippen molar-refractivity contribution in [3.8, 4) is 0 Å². The molecule has 1 heteroatoms. The first-order chi connectivity index (χ1) is 6.18. The maximum Gasteiger partial charge on any atom is 0.0394 e. The topological polar surface area (TPSA) is 26.0 Å². The Balaban J connectivity index is 2.92. The number of nitrogen functional groups attached to an aromatic ring is 1. The van der Waals surface area contributed by atoms with Crippen LogP contribution in [0.2, 0.25) is 0 Å². The first-order valence-electron chi connectivity index (χ1n) is 4.44. The summed E-state index contributed by atoms with van der Waals surface area (Å²) in [5.74, 6) is 0. The highest BCUT2D eigenvalue weighted by Crippen LogP contribution is 2.24. The van der Waals surface area contributed by atoms with E-state index in [9.17, 15) is 0 Å². The summed E-state index contributed by atoms with van der Waals surface area (Å²) in [6, 6.07) is 10.4. The lowest BCUT2D eigenvalue weighted by molar-refractivity contribution is 1.47. The van der Waals surface area contributed by atoms with Gasteiger partial charge in [0.1, 0.15) is 0 Å². The van der Waals surface area contributed by atoms with Crippen LogP contribution < -0.4 is 5.73 Å². The molecule has 0 saturated heterocycles. The maximum absolute atomic E-state index is 5.89. The molecule has 0 aromatic heterocycles. The highest BCUT2D eigenvalue weighted by Gasteiger charge is 2.00. The Labute approximate surface area is 78.2 Å². The first kappa shape index (κ1) is 8.11. The van der Waals surface area contributed by atoms with Crippen LogP contribution in [-0.4, -0.2) is 0 Å². The molecule has 2 rings (SSSR count). The number of hydrogen-bond donors (Lipinski definition) is 1. The quantitative estimate of drug-likeness (QED) is 0.606. The van der Waals surface area contributed by atoms with Gasteiger partial charge in [0.15, 0.2) is 0 Å². The molecular formula is C12H13N. The second kappa shape index (κ2) is 2.77. The Kier molecular flexibility index (Phi) is 1.73. The fourth-order valence-corrected chi connectivity index (χ4v) is 1.64. The molecule has 0 heterocycles. The number of aryl methyl sites for hydroxylation is 2. The third kappa shape index (κ3) is 1.26. The molecule has 0 amide bonds. The van der Waals surface area contributed by atoms with E-state index in [0.29, 0.717) is 0 Å². The van der Waals surface area contributed by atoms with E-state index in [1.165, 1.54) is 21.9 Å². The van der Waals surface area contributed by atoms with E-state index in [1.54, 1.807) is 0 Å². The van der Waals surface area contributed by atoms with Gasteiger partial charge >= 0.3 is 0 Å². The van der Waals surface area contributed by atoms with Crippen LogP contribution in [0.15, 0.2) is 30.3 Å². The van der Waals surface area contributed by atoms with Crippen LogP contribution in [0.3, 0.4) is 0 Å². The standard InChI is InChI=1S/C12H13N/c1-8-3-5-10-9(2)4-6-12(13)11(10)7-8/h3-7H,13H2,1-2H3. The summed E-state index contributed by atoms with van der Waals surface area (Å²) in [5.41, 5.74) is 9.30. The summed E-state index contributed by atoms with van der Waals surface area (Å²) < 4.78 is 0. The molecule has 0 saturated carbocycles. The van der Waals surface area contributed by atoms with Gasteiger partial charge in [-0.2, -0.15) is 0 Å². The molecular weight excluding hydrogens is 158 g/mol. The molecule has 0 fully saturated rings.